The number of halogens is 1. The summed E-state index contributed by atoms with van der Waals surface area (Å²) >= 11 is 1.46. The van der Waals surface area contributed by atoms with Crippen molar-refractivity contribution in [2.24, 2.45) is 10.1 Å². The maximum absolute atomic E-state index is 14.2. The molecule has 5 heteroatoms. The summed E-state index contributed by atoms with van der Waals surface area (Å²) in [5.41, 5.74) is 3.51. The van der Waals surface area contributed by atoms with Crippen molar-refractivity contribution in [3.05, 3.63) is 75.7 Å². The fourth-order valence-electron chi connectivity index (χ4n) is 2.60. The molecule has 0 atom stereocenters. The van der Waals surface area contributed by atoms with Crippen molar-refractivity contribution in [2.45, 2.75) is 26.7 Å². The van der Waals surface area contributed by atoms with E-state index in [0.717, 1.165) is 10.4 Å². The van der Waals surface area contributed by atoms with E-state index in [4.69, 9.17) is 0 Å². The number of hydrogen-bond acceptors (Lipinski definition) is 3. The zero-order valence-corrected chi connectivity index (χ0v) is 16.0. The third-order valence-corrected chi connectivity index (χ3v) is 4.91. The average molecular weight is 367 g/mol. The van der Waals surface area contributed by atoms with Gasteiger partial charge < -0.3 is 0 Å². The van der Waals surface area contributed by atoms with Gasteiger partial charge in [0.15, 0.2) is 0 Å². The van der Waals surface area contributed by atoms with Crippen molar-refractivity contribution in [1.82, 2.24) is 4.68 Å². The first-order chi connectivity index (χ1) is 12.6. The number of benzene rings is 2. The van der Waals surface area contributed by atoms with E-state index in [1.165, 1.54) is 23.0 Å². The number of hydrogen-bond donors (Lipinski definition) is 0. The summed E-state index contributed by atoms with van der Waals surface area (Å²) in [7, 11) is 0. The predicted octanol–water partition coefficient (Wildman–Crippen LogP) is 5.28. The summed E-state index contributed by atoms with van der Waals surface area (Å²) < 4.78 is 16.0. The molecule has 1 aromatic heterocycles. The van der Waals surface area contributed by atoms with Crippen molar-refractivity contribution in [3.8, 4) is 11.3 Å². The van der Waals surface area contributed by atoms with Crippen LogP contribution in [0.3, 0.4) is 0 Å². The van der Waals surface area contributed by atoms with Gasteiger partial charge in [-0.3, -0.25) is 4.99 Å². The normalized spacial score (nSPS) is 12.4. The van der Waals surface area contributed by atoms with Gasteiger partial charge in [0.25, 0.3) is 0 Å². The van der Waals surface area contributed by atoms with Gasteiger partial charge in [-0.25, -0.2) is 9.07 Å². The summed E-state index contributed by atoms with van der Waals surface area (Å²) in [6, 6.07) is 15.0. The van der Waals surface area contributed by atoms with Gasteiger partial charge in [-0.1, -0.05) is 50.2 Å². The predicted molar refractivity (Wildman–Crippen MR) is 107 cm³/mol. The van der Waals surface area contributed by atoms with Crippen LogP contribution < -0.4 is 4.80 Å². The highest BCUT2D eigenvalue weighted by molar-refractivity contribution is 7.07. The van der Waals surface area contributed by atoms with E-state index in [9.17, 15) is 4.39 Å². The van der Waals surface area contributed by atoms with Crippen LogP contribution in [-0.4, -0.2) is 17.4 Å². The lowest BCUT2D eigenvalue weighted by atomic mass is 10.0. The second kappa shape index (κ2) is 8.23. The molecule has 1 heterocycles. The maximum atomic E-state index is 14.2. The first-order valence-electron chi connectivity index (χ1n) is 8.70. The fourth-order valence-corrected chi connectivity index (χ4v) is 3.49. The van der Waals surface area contributed by atoms with Crippen LogP contribution in [-0.2, 0) is 0 Å². The van der Waals surface area contributed by atoms with E-state index in [1.54, 1.807) is 23.0 Å². The Bertz CT molecular complexity index is 965. The Kier molecular flexibility index (Phi) is 5.78. The van der Waals surface area contributed by atoms with Crippen LogP contribution in [0.2, 0.25) is 0 Å². The molecule has 0 bridgehead atoms. The number of thiazole rings is 1. The Morgan fingerprint density at radius 3 is 2.50 bits per heavy atom. The number of nitrogens with zero attached hydrogens (tertiary/aromatic N) is 3. The topological polar surface area (TPSA) is 29.6 Å². The minimum atomic E-state index is -0.265. The zero-order valence-electron chi connectivity index (χ0n) is 15.2. The summed E-state index contributed by atoms with van der Waals surface area (Å²) in [5.74, 6) is 0.230. The van der Waals surface area contributed by atoms with Crippen molar-refractivity contribution in [2.75, 3.05) is 6.54 Å². The highest BCUT2D eigenvalue weighted by Crippen LogP contribution is 2.23. The van der Waals surface area contributed by atoms with Gasteiger partial charge >= 0.3 is 0 Å². The Balaban J connectivity index is 2.02. The van der Waals surface area contributed by atoms with Gasteiger partial charge in [-0.05, 0) is 36.1 Å². The van der Waals surface area contributed by atoms with E-state index >= 15 is 0 Å². The Hall–Kier alpha value is -2.53. The van der Waals surface area contributed by atoms with Gasteiger partial charge in [0.1, 0.15) is 5.82 Å². The van der Waals surface area contributed by atoms with Crippen molar-refractivity contribution in [1.29, 1.82) is 0 Å². The van der Waals surface area contributed by atoms with E-state index in [-0.39, 0.29) is 5.82 Å². The minimum Gasteiger partial charge on any atom is -0.258 e. The number of aromatic nitrogens is 1. The first-order valence-corrected chi connectivity index (χ1v) is 9.58. The molecule has 3 aromatic rings. The molecule has 0 aliphatic rings. The monoisotopic (exact) mass is 367 g/mol. The fraction of sp³-hybridized carbons (Fsp3) is 0.238. The largest absolute Gasteiger partial charge is 0.258 e. The van der Waals surface area contributed by atoms with Gasteiger partial charge in [-0.15, -0.1) is 11.3 Å². The molecular weight excluding hydrogens is 345 g/mol. The SMILES string of the molecule is CCN=c1scc(-c2ccccc2F)n1/N=C/c1ccc(C(C)C)cc1. The number of rotatable bonds is 5. The van der Waals surface area contributed by atoms with Crippen LogP contribution in [0, 0.1) is 5.82 Å². The van der Waals surface area contributed by atoms with E-state index in [0.29, 0.717) is 23.7 Å². The van der Waals surface area contributed by atoms with Crippen LogP contribution in [0.1, 0.15) is 37.8 Å². The van der Waals surface area contributed by atoms with Crippen LogP contribution in [0.15, 0.2) is 64.0 Å². The van der Waals surface area contributed by atoms with Crippen molar-refractivity contribution < 1.29 is 4.39 Å². The lowest BCUT2D eigenvalue weighted by Gasteiger charge is -2.06. The highest BCUT2D eigenvalue weighted by Gasteiger charge is 2.11. The Morgan fingerprint density at radius 2 is 1.85 bits per heavy atom. The molecule has 0 aliphatic heterocycles. The van der Waals surface area contributed by atoms with E-state index < -0.39 is 0 Å². The van der Waals surface area contributed by atoms with Gasteiger partial charge in [0, 0.05) is 17.5 Å². The van der Waals surface area contributed by atoms with Gasteiger partial charge in [-0.2, -0.15) is 5.10 Å². The second-order valence-electron chi connectivity index (χ2n) is 6.24. The molecule has 3 nitrogen and oxygen atoms in total. The third-order valence-electron chi connectivity index (χ3n) is 4.05. The third kappa shape index (κ3) is 3.99. The van der Waals surface area contributed by atoms with Crippen LogP contribution in [0.5, 0.6) is 0 Å². The van der Waals surface area contributed by atoms with Crippen LogP contribution in [0.4, 0.5) is 4.39 Å². The Morgan fingerprint density at radius 1 is 1.12 bits per heavy atom. The summed E-state index contributed by atoms with van der Waals surface area (Å²) in [6.45, 7) is 6.96. The molecule has 0 unspecified atom stereocenters. The Labute approximate surface area is 157 Å². The van der Waals surface area contributed by atoms with Gasteiger partial charge in [0.05, 0.1) is 11.9 Å². The average Bonchev–Trinajstić information content (AvgIpc) is 3.03. The first kappa shape index (κ1) is 18.3. The summed E-state index contributed by atoms with van der Waals surface area (Å²) in [4.78, 5) is 5.23. The zero-order chi connectivity index (χ0) is 18.5. The summed E-state index contributed by atoms with van der Waals surface area (Å²) in [5, 5.41) is 6.48. The lowest BCUT2D eigenvalue weighted by molar-refractivity contribution is 0.629. The molecule has 0 amide bonds. The molecule has 0 radical (unpaired) electrons. The van der Waals surface area contributed by atoms with Crippen molar-refractivity contribution >= 4 is 17.6 Å². The van der Waals surface area contributed by atoms with E-state index in [2.05, 4.69) is 36.1 Å². The quantitative estimate of drug-likeness (QED) is 0.549. The highest BCUT2D eigenvalue weighted by atomic mass is 32.1. The second-order valence-corrected chi connectivity index (χ2v) is 7.07. The van der Waals surface area contributed by atoms with Crippen LogP contribution in [0.25, 0.3) is 11.3 Å². The van der Waals surface area contributed by atoms with Crippen LogP contribution >= 0.6 is 11.3 Å². The maximum Gasteiger partial charge on any atom is 0.206 e. The molecule has 0 saturated carbocycles. The molecule has 0 saturated heterocycles. The molecule has 26 heavy (non-hydrogen) atoms. The van der Waals surface area contributed by atoms with E-state index in [1.807, 2.05) is 30.5 Å². The molecule has 2 aromatic carbocycles. The molecule has 0 fully saturated rings. The molecule has 0 N–H and O–H groups in total. The van der Waals surface area contributed by atoms with Gasteiger partial charge in [0.2, 0.25) is 4.80 Å². The molecule has 134 valence electrons. The van der Waals surface area contributed by atoms with Crippen molar-refractivity contribution in [3.63, 3.8) is 0 Å². The standard InChI is InChI=1S/C21H22FN3S/c1-4-23-21-25(20(14-26-21)18-7-5-6-8-19(18)22)24-13-16-9-11-17(12-10-16)15(2)3/h5-15H,4H2,1-3H3/b23-21?,24-13+. The molecule has 0 spiro atoms. The lowest BCUT2D eigenvalue weighted by Crippen LogP contribution is -2.12. The molecule has 3 rings (SSSR count). The molecular formula is C21H22FN3S. The molecule has 0 aliphatic carbocycles. The minimum absolute atomic E-state index is 0.265. The smallest absolute Gasteiger partial charge is 0.206 e. The summed E-state index contributed by atoms with van der Waals surface area (Å²) in [6.07, 6.45) is 1.79.